The fourth-order valence-electron chi connectivity index (χ4n) is 2.84. The lowest BCUT2D eigenvalue weighted by molar-refractivity contribution is 0.247. The highest BCUT2D eigenvalue weighted by molar-refractivity contribution is 9.08. The minimum absolute atomic E-state index is 0.0902. The molecule has 1 aliphatic carbocycles. The van der Waals surface area contributed by atoms with Crippen molar-refractivity contribution >= 4 is 21.6 Å². The predicted molar refractivity (Wildman–Crippen MR) is 80.4 cm³/mol. The van der Waals surface area contributed by atoms with E-state index in [1.54, 1.807) is 12.1 Å². The summed E-state index contributed by atoms with van der Waals surface area (Å²) >= 11 is 3.46. The van der Waals surface area contributed by atoms with Gasteiger partial charge in [-0.15, -0.1) is 0 Å². The molecule has 2 nitrogen and oxygen atoms in total. The fraction of sp³-hybridized carbons (Fsp3) is 0.600. The van der Waals surface area contributed by atoms with Crippen LogP contribution in [-0.2, 0) is 5.33 Å². The van der Waals surface area contributed by atoms with Crippen molar-refractivity contribution in [3.8, 4) is 0 Å². The molecule has 0 amide bonds. The van der Waals surface area contributed by atoms with Gasteiger partial charge in [-0.25, -0.2) is 4.39 Å². The molecule has 0 unspecified atom stereocenters. The zero-order valence-electron chi connectivity index (χ0n) is 11.1. The van der Waals surface area contributed by atoms with Gasteiger partial charge in [0.05, 0.1) is 5.69 Å². The van der Waals surface area contributed by atoms with Gasteiger partial charge in [-0.05, 0) is 30.4 Å². The van der Waals surface area contributed by atoms with Crippen LogP contribution < -0.4 is 4.90 Å². The number of anilines is 1. The Morgan fingerprint density at radius 2 is 1.89 bits per heavy atom. The molecule has 3 rings (SSSR count). The van der Waals surface area contributed by atoms with Crippen LogP contribution in [0.4, 0.5) is 10.1 Å². The van der Waals surface area contributed by atoms with E-state index >= 15 is 0 Å². The molecule has 1 aromatic rings. The van der Waals surface area contributed by atoms with Crippen LogP contribution >= 0.6 is 15.9 Å². The smallest absolute Gasteiger partial charge is 0.146 e. The number of hydrogen-bond donors (Lipinski definition) is 0. The van der Waals surface area contributed by atoms with Gasteiger partial charge in [0.1, 0.15) is 5.82 Å². The van der Waals surface area contributed by atoms with E-state index in [-0.39, 0.29) is 5.82 Å². The lowest BCUT2D eigenvalue weighted by Crippen LogP contribution is -2.47. The molecule has 0 aromatic heterocycles. The minimum atomic E-state index is -0.0902. The summed E-state index contributed by atoms with van der Waals surface area (Å²) in [6.45, 7) is 5.25. The van der Waals surface area contributed by atoms with E-state index in [1.807, 2.05) is 6.07 Å². The Morgan fingerprint density at radius 3 is 2.53 bits per heavy atom. The highest BCUT2D eigenvalue weighted by Crippen LogP contribution is 2.31. The molecule has 0 radical (unpaired) electrons. The average Bonchev–Trinajstić information content (AvgIpc) is 3.23. The zero-order chi connectivity index (χ0) is 13.2. The van der Waals surface area contributed by atoms with E-state index in [1.165, 1.54) is 19.4 Å². The van der Waals surface area contributed by atoms with Gasteiger partial charge in [-0.1, -0.05) is 28.1 Å². The fourth-order valence-corrected chi connectivity index (χ4v) is 3.29. The summed E-state index contributed by atoms with van der Waals surface area (Å²) in [6, 6.07) is 5.36. The topological polar surface area (TPSA) is 6.48 Å². The first-order chi connectivity index (χ1) is 9.28. The van der Waals surface area contributed by atoms with E-state index < -0.39 is 0 Å². The van der Waals surface area contributed by atoms with Crippen LogP contribution in [0.2, 0.25) is 0 Å². The van der Waals surface area contributed by atoms with Crippen molar-refractivity contribution in [2.45, 2.75) is 18.2 Å². The molecule has 19 heavy (non-hydrogen) atoms. The molecule has 4 heteroatoms. The monoisotopic (exact) mass is 326 g/mol. The Labute approximate surface area is 122 Å². The number of benzene rings is 1. The third kappa shape index (κ3) is 3.11. The third-order valence-electron chi connectivity index (χ3n) is 4.12. The molecule has 2 fully saturated rings. The van der Waals surface area contributed by atoms with Crippen LogP contribution in [-0.4, -0.2) is 37.6 Å². The van der Waals surface area contributed by atoms with Crippen LogP contribution in [0.3, 0.4) is 0 Å². The predicted octanol–water partition coefficient (Wildman–Crippen LogP) is 3.25. The Hall–Kier alpha value is -0.610. The molecule has 104 valence electrons. The first kappa shape index (κ1) is 13.4. The SMILES string of the molecule is Fc1cccc(CBr)c1N1CCN(CC2CC2)CC1. The third-order valence-corrected chi connectivity index (χ3v) is 4.72. The van der Waals surface area contributed by atoms with Gasteiger partial charge in [0.15, 0.2) is 0 Å². The normalized spacial score (nSPS) is 20.8. The van der Waals surface area contributed by atoms with Gasteiger partial charge in [0.25, 0.3) is 0 Å². The summed E-state index contributed by atoms with van der Waals surface area (Å²) < 4.78 is 14.1. The molecule has 0 atom stereocenters. The lowest BCUT2D eigenvalue weighted by Gasteiger charge is -2.37. The summed E-state index contributed by atoms with van der Waals surface area (Å²) in [5, 5.41) is 0.711. The number of para-hydroxylation sites is 1. The molecule has 1 saturated carbocycles. The van der Waals surface area contributed by atoms with Crippen LogP contribution in [0.5, 0.6) is 0 Å². The van der Waals surface area contributed by atoms with Crippen molar-refractivity contribution in [3.05, 3.63) is 29.6 Å². The number of nitrogens with zero attached hydrogens (tertiary/aromatic N) is 2. The molecule has 1 aliphatic heterocycles. The summed E-state index contributed by atoms with van der Waals surface area (Å²) in [5.74, 6) is 0.853. The molecular formula is C15H20BrFN2. The van der Waals surface area contributed by atoms with Crippen LogP contribution in [0.25, 0.3) is 0 Å². The van der Waals surface area contributed by atoms with Crippen LogP contribution in [0.15, 0.2) is 18.2 Å². The maximum absolute atomic E-state index is 14.1. The summed E-state index contributed by atoms with van der Waals surface area (Å²) in [4.78, 5) is 4.73. The molecule has 0 bridgehead atoms. The van der Waals surface area contributed by atoms with Crippen molar-refractivity contribution in [3.63, 3.8) is 0 Å². The number of alkyl halides is 1. The van der Waals surface area contributed by atoms with Crippen LogP contribution in [0, 0.1) is 11.7 Å². The van der Waals surface area contributed by atoms with Crippen molar-refractivity contribution < 1.29 is 4.39 Å². The summed E-state index contributed by atoms with van der Waals surface area (Å²) in [7, 11) is 0. The second-order valence-corrected chi connectivity index (χ2v) is 6.17. The van der Waals surface area contributed by atoms with E-state index in [0.717, 1.165) is 43.3 Å². The number of hydrogen-bond acceptors (Lipinski definition) is 2. The van der Waals surface area contributed by atoms with Crippen molar-refractivity contribution in [1.29, 1.82) is 0 Å². The second kappa shape index (κ2) is 5.80. The first-order valence-corrected chi connectivity index (χ1v) is 8.20. The Morgan fingerprint density at radius 1 is 1.16 bits per heavy atom. The average molecular weight is 327 g/mol. The highest BCUT2D eigenvalue weighted by atomic mass is 79.9. The van der Waals surface area contributed by atoms with E-state index in [0.29, 0.717) is 5.33 Å². The Bertz CT molecular complexity index is 440. The van der Waals surface area contributed by atoms with Gasteiger partial charge in [-0.3, -0.25) is 4.90 Å². The largest absolute Gasteiger partial charge is 0.366 e. The lowest BCUT2D eigenvalue weighted by atomic mass is 10.1. The van der Waals surface area contributed by atoms with Gasteiger partial charge in [0, 0.05) is 38.1 Å². The van der Waals surface area contributed by atoms with Gasteiger partial charge >= 0.3 is 0 Å². The van der Waals surface area contributed by atoms with E-state index in [2.05, 4.69) is 25.7 Å². The number of rotatable bonds is 4. The molecule has 0 N–H and O–H groups in total. The second-order valence-electron chi connectivity index (χ2n) is 5.61. The van der Waals surface area contributed by atoms with Gasteiger partial charge < -0.3 is 4.90 Å². The summed E-state index contributed by atoms with van der Waals surface area (Å²) in [6.07, 6.45) is 2.81. The molecular weight excluding hydrogens is 307 g/mol. The maximum atomic E-state index is 14.1. The van der Waals surface area contributed by atoms with Crippen LogP contribution in [0.1, 0.15) is 18.4 Å². The van der Waals surface area contributed by atoms with Crippen molar-refractivity contribution in [2.75, 3.05) is 37.6 Å². The quantitative estimate of drug-likeness (QED) is 0.784. The van der Waals surface area contributed by atoms with Gasteiger partial charge in [-0.2, -0.15) is 0 Å². The van der Waals surface area contributed by atoms with E-state index in [9.17, 15) is 4.39 Å². The molecule has 1 saturated heterocycles. The molecule has 1 heterocycles. The highest BCUT2D eigenvalue weighted by Gasteiger charge is 2.27. The Balaban J connectivity index is 1.67. The molecule has 0 spiro atoms. The molecule has 1 aromatic carbocycles. The van der Waals surface area contributed by atoms with Gasteiger partial charge in [0.2, 0.25) is 0 Å². The maximum Gasteiger partial charge on any atom is 0.146 e. The zero-order valence-corrected chi connectivity index (χ0v) is 12.7. The van der Waals surface area contributed by atoms with Crippen molar-refractivity contribution in [1.82, 2.24) is 4.90 Å². The Kier molecular flexibility index (Phi) is 4.08. The number of piperazine rings is 1. The number of halogens is 2. The minimum Gasteiger partial charge on any atom is -0.366 e. The van der Waals surface area contributed by atoms with E-state index in [4.69, 9.17) is 0 Å². The molecule has 2 aliphatic rings. The standard InChI is InChI=1S/C15H20BrFN2/c16-10-13-2-1-3-14(17)15(13)19-8-6-18(7-9-19)11-12-4-5-12/h1-3,12H,4-11H2. The van der Waals surface area contributed by atoms with Crippen molar-refractivity contribution in [2.24, 2.45) is 5.92 Å². The summed E-state index contributed by atoms with van der Waals surface area (Å²) in [5.41, 5.74) is 1.85. The first-order valence-electron chi connectivity index (χ1n) is 7.08.